The van der Waals surface area contributed by atoms with Crippen molar-refractivity contribution < 1.29 is 8.42 Å². The number of nitrogens with zero attached hydrogens (tertiary/aromatic N) is 1. The fraction of sp³-hybridized carbons (Fsp3) is 0.417. The molecule has 0 saturated carbocycles. The number of sulfonamides is 1. The molecule has 4 nitrogen and oxygen atoms in total. The van der Waals surface area contributed by atoms with E-state index in [1.54, 1.807) is 6.92 Å². The lowest BCUT2D eigenvalue weighted by atomic mass is 10.2. The molecule has 0 saturated heterocycles. The number of rotatable bonds is 6. The Bertz CT molecular complexity index is 500. The average molecular weight is 286 g/mol. The molecule has 0 radical (unpaired) electrons. The van der Waals surface area contributed by atoms with Crippen LogP contribution in [-0.4, -0.2) is 36.6 Å². The smallest absolute Gasteiger partial charge is 0.214 e. The van der Waals surface area contributed by atoms with E-state index in [0.29, 0.717) is 6.42 Å². The summed E-state index contributed by atoms with van der Waals surface area (Å²) in [7, 11) is -1.83. The molecule has 0 amide bonds. The molecule has 1 aromatic rings. The van der Waals surface area contributed by atoms with Crippen molar-refractivity contribution in [1.29, 1.82) is 0 Å². The van der Waals surface area contributed by atoms with Crippen LogP contribution in [0.1, 0.15) is 12.5 Å². The van der Waals surface area contributed by atoms with Gasteiger partial charge in [-0.2, -0.15) is 4.31 Å². The third kappa shape index (κ3) is 4.04. The molecule has 0 aliphatic heterocycles. The predicted octanol–water partition coefficient (Wildman–Crippen LogP) is 1.17. The van der Waals surface area contributed by atoms with Gasteiger partial charge in [0.25, 0.3) is 0 Å². The number of thiocarbonyl (C=S) groups is 1. The van der Waals surface area contributed by atoms with Gasteiger partial charge in [0.05, 0.1) is 16.8 Å². The second-order valence-corrected chi connectivity index (χ2v) is 6.77. The van der Waals surface area contributed by atoms with Crippen molar-refractivity contribution in [3.05, 3.63) is 35.9 Å². The number of benzene rings is 1. The van der Waals surface area contributed by atoms with E-state index in [1.807, 2.05) is 30.3 Å². The Morgan fingerprint density at radius 3 is 2.44 bits per heavy atom. The van der Waals surface area contributed by atoms with Crippen molar-refractivity contribution in [3.63, 3.8) is 0 Å². The third-order valence-corrected chi connectivity index (χ3v) is 5.14. The summed E-state index contributed by atoms with van der Waals surface area (Å²) in [5.41, 5.74) is 6.46. The predicted molar refractivity (Wildman–Crippen MR) is 77.9 cm³/mol. The van der Waals surface area contributed by atoms with Crippen LogP contribution in [0.2, 0.25) is 0 Å². The van der Waals surface area contributed by atoms with E-state index in [0.717, 1.165) is 5.56 Å². The van der Waals surface area contributed by atoms with E-state index in [2.05, 4.69) is 0 Å². The molecule has 6 heteroatoms. The molecule has 0 aliphatic carbocycles. The monoisotopic (exact) mass is 286 g/mol. The molecule has 0 aliphatic rings. The third-order valence-electron chi connectivity index (χ3n) is 2.89. The van der Waals surface area contributed by atoms with Gasteiger partial charge in [0.1, 0.15) is 0 Å². The van der Waals surface area contributed by atoms with Gasteiger partial charge in [-0.15, -0.1) is 0 Å². The van der Waals surface area contributed by atoms with Crippen LogP contribution in [0.4, 0.5) is 0 Å². The van der Waals surface area contributed by atoms with Crippen molar-refractivity contribution in [2.75, 3.05) is 12.8 Å². The first-order valence-electron chi connectivity index (χ1n) is 5.63. The lowest BCUT2D eigenvalue weighted by molar-refractivity contribution is 0.451. The molecule has 0 aromatic heterocycles. The minimum Gasteiger partial charge on any atom is -0.392 e. The van der Waals surface area contributed by atoms with Crippen LogP contribution in [0, 0.1) is 0 Å². The summed E-state index contributed by atoms with van der Waals surface area (Å²) in [6, 6.07) is 9.05. The topological polar surface area (TPSA) is 63.4 Å². The SMILES string of the molecule is CC(C(N)=S)N(C)S(=O)(=O)CCc1ccccc1. The lowest BCUT2D eigenvalue weighted by Gasteiger charge is -2.23. The van der Waals surface area contributed by atoms with Crippen molar-refractivity contribution in [2.45, 2.75) is 19.4 Å². The highest BCUT2D eigenvalue weighted by Gasteiger charge is 2.24. The Morgan fingerprint density at radius 1 is 1.39 bits per heavy atom. The molecule has 0 fully saturated rings. The highest BCUT2D eigenvalue weighted by Crippen LogP contribution is 2.08. The number of likely N-dealkylation sites (N-methyl/N-ethyl adjacent to an activating group) is 1. The highest BCUT2D eigenvalue weighted by molar-refractivity contribution is 7.89. The van der Waals surface area contributed by atoms with Crippen LogP contribution >= 0.6 is 12.2 Å². The molecule has 1 unspecified atom stereocenters. The maximum Gasteiger partial charge on any atom is 0.214 e. The number of hydrogen-bond acceptors (Lipinski definition) is 3. The van der Waals surface area contributed by atoms with E-state index in [1.165, 1.54) is 11.4 Å². The molecule has 0 bridgehead atoms. The van der Waals surface area contributed by atoms with Crippen LogP contribution in [0.25, 0.3) is 0 Å². The zero-order valence-corrected chi connectivity index (χ0v) is 12.2. The van der Waals surface area contributed by atoms with Gasteiger partial charge >= 0.3 is 0 Å². The normalized spacial score (nSPS) is 13.5. The second-order valence-electron chi connectivity index (χ2n) is 4.15. The van der Waals surface area contributed by atoms with Crippen LogP contribution in [-0.2, 0) is 16.4 Å². The summed E-state index contributed by atoms with van der Waals surface area (Å²) in [5.74, 6) is 0.0560. The van der Waals surface area contributed by atoms with Crippen LogP contribution < -0.4 is 5.73 Å². The van der Waals surface area contributed by atoms with E-state index in [4.69, 9.17) is 18.0 Å². The minimum atomic E-state index is -3.34. The van der Waals surface area contributed by atoms with Gasteiger partial charge in [-0.25, -0.2) is 8.42 Å². The van der Waals surface area contributed by atoms with Gasteiger partial charge in [0, 0.05) is 7.05 Å². The van der Waals surface area contributed by atoms with Crippen molar-refractivity contribution in [3.8, 4) is 0 Å². The fourth-order valence-electron chi connectivity index (χ4n) is 1.46. The molecule has 18 heavy (non-hydrogen) atoms. The first-order valence-corrected chi connectivity index (χ1v) is 7.65. The Kier molecular flexibility index (Phi) is 5.25. The summed E-state index contributed by atoms with van der Waals surface area (Å²) >= 11 is 4.81. The summed E-state index contributed by atoms with van der Waals surface area (Å²) in [6.45, 7) is 1.68. The van der Waals surface area contributed by atoms with Gasteiger partial charge in [-0.3, -0.25) is 0 Å². The van der Waals surface area contributed by atoms with Crippen LogP contribution in [0.5, 0.6) is 0 Å². The van der Waals surface area contributed by atoms with Gasteiger partial charge in [0.2, 0.25) is 10.0 Å². The molecule has 100 valence electrons. The number of nitrogens with two attached hydrogens (primary N) is 1. The number of hydrogen-bond donors (Lipinski definition) is 1. The van der Waals surface area contributed by atoms with Gasteiger partial charge in [-0.1, -0.05) is 42.5 Å². The molecule has 0 heterocycles. The summed E-state index contributed by atoms with van der Waals surface area (Å²) < 4.78 is 25.4. The Morgan fingerprint density at radius 2 is 1.94 bits per heavy atom. The maximum atomic E-state index is 12.1. The van der Waals surface area contributed by atoms with Crippen molar-refractivity contribution in [1.82, 2.24) is 4.31 Å². The molecule has 0 spiro atoms. The Hall–Kier alpha value is -0.980. The lowest BCUT2D eigenvalue weighted by Crippen LogP contribution is -2.43. The highest BCUT2D eigenvalue weighted by atomic mass is 32.2. The molecular formula is C12H18N2O2S2. The molecule has 2 N–H and O–H groups in total. The second kappa shape index (κ2) is 6.26. The fourth-order valence-corrected chi connectivity index (χ4v) is 3.06. The number of aryl methyl sites for hydroxylation is 1. The van der Waals surface area contributed by atoms with Crippen molar-refractivity contribution >= 4 is 27.2 Å². The van der Waals surface area contributed by atoms with E-state index < -0.39 is 16.1 Å². The molecule has 1 aromatic carbocycles. The van der Waals surface area contributed by atoms with Crippen LogP contribution in [0.3, 0.4) is 0 Å². The summed E-state index contributed by atoms with van der Waals surface area (Å²) in [5, 5.41) is 0. The molecule has 1 atom stereocenters. The van der Waals surface area contributed by atoms with E-state index in [9.17, 15) is 8.42 Å². The van der Waals surface area contributed by atoms with Crippen LogP contribution in [0.15, 0.2) is 30.3 Å². The zero-order valence-electron chi connectivity index (χ0n) is 10.5. The molecular weight excluding hydrogens is 268 g/mol. The first kappa shape index (κ1) is 15.1. The Balaban J connectivity index is 2.68. The Labute approximate surface area is 114 Å². The van der Waals surface area contributed by atoms with E-state index in [-0.39, 0.29) is 10.7 Å². The minimum absolute atomic E-state index is 0.0560. The summed E-state index contributed by atoms with van der Waals surface area (Å²) in [6.07, 6.45) is 0.484. The quantitative estimate of drug-likeness (QED) is 0.797. The van der Waals surface area contributed by atoms with Gasteiger partial charge in [-0.05, 0) is 18.9 Å². The average Bonchev–Trinajstić information content (AvgIpc) is 2.35. The van der Waals surface area contributed by atoms with E-state index >= 15 is 0 Å². The van der Waals surface area contributed by atoms with Crippen molar-refractivity contribution in [2.24, 2.45) is 5.73 Å². The standard InChI is InChI=1S/C12H18N2O2S2/c1-10(12(13)17)14(2)18(15,16)9-8-11-6-4-3-5-7-11/h3-7,10H,8-9H2,1-2H3,(H2,13,17). The summed E-state index contributed by atoms with van der Waals surface area (Å²) in [4.78, 5) is 0.181. The zero-order chi connectivity index (χ0) is 13.8. The largest absolute Gasteiger partial charge is 0.392 e. The molecule has 1 rings (SSSR count). The first-order chi connectivity index (χ1) is 8.34. The van der Waals surface area contributed by atoms with Gasteiger partial charge < -0.3 is 5.73 Å². The van der Waals surface area contributed by atoms with Gasteiger partial charge in [0.15, 0.2) is 0 Å². The maximum absolute atomic E-state index is 12.1.